The molecule has 0 aromatic carbocycles. The fourth-order valence-electron chi connectivity index (χ4n) is 6.01. The first-order chi connectivity index (χ1) is 9.72. The van der Waals surface area contributed by atoms with Crippen LogP contribution in [0.4, 0.5) is 0 Å². The summed E-state index contributed by atoms with van der Waals surface area (Å²) in [4.78, 5) is 0. The van der Waals surface area contributed by atoms with Crippen molar-refractivity contribution in [2.75, 3.05) is 6.61 Å². The quantitative estimate of drug-likeness (QED) is 0.851. The van der Waals surface area contributed by atoms with Gasteiger partial charge in [0.1, 0.15) is 0 Å². The van der Waals surface area contributed by atoms with Crippen LogP contribution in [0.2, 0.25) is 0 Å². The SMILES string of the molecule is CC(C)C1CC(NC2CC3CC2C2CCCC32)CCO1. The second-order valence-electron chi connectivity index (χ2n) is 8.30. The number of hydrogen-bond donors (Lipinski definition) is 1. The zero-order chi connectivity index (χ0) is 13.7. The summed E-state index contributed by atoms with van der Waals surface area (Å²) in [6, 6.07) is 1.57. The van der Waals surface area contributed by atoms with E-state index in [9.17, 15) is 0 Å². The molecule has 3 saturated carbocycles. The minimum Gasteiger partial charge on any atom is -0.378 e. The lowest BCUT2D eigenvalue weighted by Gasteiger charge is -2.38. The highest BCUT2D eigenvalue weighted by Gasteiger charge is 2.53. The van der Waals surface area contributed by atoms with Gasteiger partial charge in [-0.25, -0.2) is 0 Å². The fraction of sp³-hybridized carbons (Fsp3) is 1.00. The summed E-state index contributed by atoms with van der Waals surface area (Å²) in [5.41, 5.74) is 0. The lowest BCUT2D eigenvalue weighted by atomic mass is 9.78. The molecule has 114 valence electrons. The van der Waals surface area contributed by atoms with E-state index in [1.165, 1.54) is 32.1 Å². The number of ether oxygens (including phenoxy) is 1. The van der Waals surface area contributed by atoms with Crippen molar-refractivity contribution in [1.29, 1.82) is 0 Å². The van der Waals surface area contributed by atoms with Crippen LogP contribution in [-0.4, -0.2) is 24.8 Å². The molecule has 1 aliphatic heterocycles. The van der Waals surface area contributed by atoms with Gasteiger partial charge in [-0.1, -0.05) is 20.3 Å². The van der Waals surface area contributed by atoms with Crippen LogP contribution in [0.25, 0.3) is 0 Å². The Labute approximate surface area is 124 Å². The van der Waals surface area contributed by atoms with Crippen LogP contribution >= 0.6 is 0 Å². The predicted molar refractivity (Wildman–Crippen MR) is 81.6 cm³/mol. The van der Waals surface area contributed by atoms with Crippen molar-refractivity contribution in [3.05, 3.63) is 0 Å². The summed E-state index contributed by atoms with van der Waals surface area (Å²) in [5, 5.41) is 4.07. The summed E-state index contributed by atoms with van der Waals surface area (Å²) >= 11 is 0. The first kappa shape index (κ1) is 13.6. The standard InChI is InChI=1S/C18H31NO/c1-11(2)18-10-13(6-7-20-18)19-17-9-12-8-16(17)15-5-3-4-14(12)15/h11-19H,3-10H2,1-2H3. The third kappa shape index (κ3) is 2.23. The largest absolute Gasteiger partial charge is 0.378 e. The average molecular weight is 277 g/mol. The van der Waals surface area contributed by atoms with Gasteiger partial charge in [0.2, 0.25) is 0 Å². The van der Waals surface area contributed by atoms with Crippen molar-refractivity contribution in [3.8, 4) is 0 Å². The van der Waals surface area contributed by atoms with Crippen molar-refractivity contribution in [2.24, 2.45) is 29.6 Å². The van der Waals surface area contributed by atoms with E-state index in [4.69, 9.17) is 4.74 Å². The van der Waals surface area contributed by atoms with Gasteiger partial charge in [0.05, 0.1) is 6.10 Å². The highest BCUT2D eigenvalue weighted by atomic mass is 16.5. The maximum Gasteiger partial charge on any atom is 0.0612 e. The van der Waals surface area contributed by atoms with Crippen LogP contribution < -0.4 is 5.32 Å². The molecule has 2 bridgehead atoms. The molecule has 1 saturated heterocycles. The maximum absolute atomic E-state index is 5.93. The molecule has 0 aromatic rings. The van der Waals surface area contributed by atoms with E-state index < -0.39 is 0 Å². The minimum absolute atomic E-state index is 0.485. The third-order valence-corrected chi connectivity index (χ3v) is 6.94. The Morgan fingerprint density at radius 3 is 2.65 bits per heavy atom. The molecule has 1 heterocycles. The molecule has 4 aliphatic rings. The van der Waals surface area contributed by atoms with Gasteiger partial charge in [-0.15, -0.1) is 0 Å². The van der Waals surface area contributed by atoms with Gasteiger partial charge in [0, 0.05) is 18.7 Å². The molecule has 7 atom stereocenters. The van der Waals surface area contributed by atoms with Crippen molar-refractivity contribution < 1.29 is 4.74 Å². The molecule has 2 nitrogen and oxygen atoms in total. The molecule has 2 heteroatoms. The van der Waals surface area contributed by atoms with Crippen LogP contribution in [-0.2, 0) is 4.74 Å². The summed E-state index contributed by atoms with van der Waals surface area (Å²) in [7, 11) is 0. The molecule has 4 rings (SSSR count). The Morgan fingerprint density at radius 1 is 0.950 bits per heavy atom. The van der Waals surface area contributed by atoms with E-state index in [1.54, 1.807) is 12.8 Å². The first-order valence-electron chi connectivity index (χ1n) is 9.10. The molecule has 20 heavy (non-hydrogen) atoms. The van der Waals surface area contributed by atoms with Crippen molar-refractivity contribution >= 4 is 0 Å². The van der Waals surface area contributed by atoms with Gasteiger partial charge in [0.15, 0.2) is 0 Å². The van der Waals surface area contributed by atoms with Gasteiger partial charge in [-0.05, 0) is 68.1 Å². The molecule has 0 radical (unpaired) electrons. The minimum atomic E-state index is 0.485. The van der Waals surface area contributed by atoms with Gasteiger partial charge in [0.25, 0.3) is 0 Å². The molecule has 0 spiro atoms. The molecule has 0 amide bonds. The van der Waals surface area contributed by atoms with E-state index in [1.807, 2.05) is 0 Å². The number of fused-ring (bicyclic) bond motifs is 5. The third-order valence-electron chi connectivity index (χ3n) is 6.94. The first-order valence-corrected chi connectivity index (χ1v) is 9.10. The van der Waals surface area contributed by atoms with E-state index >= 15 is 0 Å². The lowest BCUT2D eigenvalue weighted by molar-refractivity contribution is -0.0277. The van der Waals surface area contributed by atoms with Crippen LogP contribution in [0.5, 0.6) is 0 Å². The van der Waals surface area contributed by atoms with E-state index in [2.05, 4.69) is 19.2 Å². The van der Waals surface area contributed by atoms with E-state index in [0.29, 0.717) is 12.0 Å². The Bertz CT molecular complexity index is 355. The molecule has 0 aromatic heterocycles. The van der Waals surface area contributed by atoms with Crippen molar-refractivity contribution in [1.82, 2.24) is 5.32 Å². The Morgan fingerprint density at radius 2 is 1.80 bits per heavy atom. The smallest absolute Gasteiger partial charge is 0.0612 e. The topological polar surface area (TPSA) is 21.3 Å². The summed E-state index contributed by atoms with van der Waals surface area (Å²) < 4.78 is 5.93. The normalized spacial score (nSPS) is 50.9. The summed E-state index contributed by atoms with van der Waals surface area (Å²) in [5.74, 6) is 4.97. The van der Waals surface area contributed by atoms with Crippen molar-refractivity contribution in [2.45, 2.75) is 77.0 Å². The Hall–Kier alpha value is -0.0800. The average Bonchev–Trinajstić information content (AvgIpc) is 3.10. The molecular formula is C18H31NO. The van der Waals surface area contributed by atoms with Gasteiger partial charge in [-0.3, -0.25) is 0 Å². The zero-order valence-electron chi connectivity index (χ0n) is 13.2. The van der Waals surface area contributed by atoms with E-state index in [-0.39, 0.29) is 0 Å². The molecule has 7 unspecified atom stereocenters. The van der Waals surface area contributed by atoms with E-state index in [0.717, 1.165) is 42.4 Å². The molecule has 4 fully saturated rings. The van der Waals surface area contributed by atoms with Crippen LogP contribution in [0.15, 0.2) is 0 Å². The lowest BCUT2D eigenvalue weighted by Crippen LogP contribution is -2.48. The monoisotopic (exact) mass is 277 g/mol. The van der Waals surface area contributed by atoms with Crippen LogP contribution in [0, 0.1) is 29.6 Å². The van der Waals surface area contributed by atoms with Crippen LogP contribution in [0.3, 0.4) is 0 Å². The Balaban J connectivity index is 1.36. The van der Waals surface area contributed by atoms with Gasteiger partial charge >= 0.3 is 0 Å². The van der Waals surface area contributed by atoms with Gasteiger partial charge in [-0.2, -0.15) is 0 Å². The second kappa shape index (κ2) is 5.28. The number of rotatable bonds is 3. The number of hydrogen-bond acceptors (Lipinski definition) is 2. The predicted octanol–water partition coefficient (Wildman–Crippen LogP) is 3.60. The van der Waals surface area contributed by atoms with Crippen molar-refractivity contribution in [3.63, 3.8) is 0 Å². The maximum atomic E-state index is 5.93. The number of nitrogens with one attached hydrogen (secondary N) is 1. The van der Waals surface area contributed by atoms with Gasteiger partial charge < -0.3 is 10.1 Å². The highest BCUT2D eigenvalue weighted by Crippen LogP contribution is 2.58. The zero-order valence-corrected chi connectivity index (χ0v) is 13.2. The highest BCUT2D eigenvalue weighted by molar-refractivity contribution is 5.06. The summed E-state index contributed by atoms with van der Waals surface area (Å²) in [6.45, 7) is 5.56. The van der Waals surface area contributed by atoms with Crippen LogP contribution in [0.1, 0.15) is 58.8 Å². The molecular weight excluding hydrogens is 246 g/mol. The molecule has 3 aliphatic carbocycles. The Kier molecular flexibility index (Phi) is 3.58. The molecule has 1 N–H and O–H groups in total. The fourth-order valence-corrected chi connectivity index (χ4v) is 6.01. The second-order valence-corrected chi connectivity index (χ2v) is 8.30. The summed E-state index contributed by atoms with van der Waals surface area (Å²) in [6.07, 6.45) is 10.6.